The van der Waals surface area contributed by atoms with Gasteiger partial charge < -0.3 is 10.4 Å². The van der Waals surface area contributed by atoms with Crippen LogP contribution in [0.5, 0.6) is 0 Å². The molecule has 1 heterocycles. The number of hydrogen-bond acceptors (Lipinski definition) is 3. The van der Waals surface area contributed by atoms with Crippen molar-refractivity contribution in [3.63, 3.8) is 0 Å². The molecule has 26 heavy (non-hydrogen) atoms. The lowest BCUT2D eigenvalue weighted by Crippen LogP contribution is -2.55. The van der Waals surface area contributed by atoms with E-state index >= 15 is 0 Å². The molecule has 0 aromatic heterocycles. The number of hydrazine groups is 1. The molecule has 1 aliphatic heterocycles. The van der Waals surface area contributed by atoms with E-state index in [9.17, 15) is 14.7 Å². The summed E-state index contributed by atoms with van der Waals surface area (Å²) in [6, 6.07) is 10.6. The van der Waals surface area contributed by atoms with Crippen LogP contribution in [0.25, 0.3) is 0 Å². The summed E-state index contributed by atoms with van der Waals surface area (Å²) in [5.41, 5.74) is 4.45. The van der Waals surface area contributed by atoms with Crippen LogP contribution in [0, 0.1) is 0 Å². The average molecular weight is 394 g/mol. The third kappa shape index (κ3) is 3.71. The maximum Gasteiger partial charge on any atom is 0.338 e. The zero-order valence-corrected chi connectivity index (χ0v) is 15.4. The van der Waals surface area contributed by atoms with E-state index in [1.165, 1.54) is 5.01 Å². The van der Waals surface area contributed by atoms with E-state index in [2.05, 4.69) is 10.7 Å². The summed E-state index contributed by atoms with van der Waals surface area (Å²) in [4.78, 5) is 24.1. The van der Waals surface area contributed by atoms with Crippen molar-refractivity contribution in [1.29, 1.82) is 0 Å². The Labute approximate surface area is 160 Å². The number of amides is 2. The van der Waals surface area contributed by atoms with Gasteiger partial charge in [-0.25, -0.2) is 15.0 Å². The van der Waals surface area contributed by atoms with Gasteiger partial charge in [-0.05, 0) is 42.2 Å². The molecule has 3 N–H and O–H groups in total. The van der Waals surface area contributed by atoms with E-state index in [1.807, 2.05) is 13.0 Å². The van der Waals surface area contributed by atoms with Gasteiger partial charge in [-0.1, -0.05) is 48.3 Å². The third-order valence-electron chi connectivity index (χ3n) is 4.25. The number of fused-ring (bicyclic) bond motifs is 1. The molecule has 0 saturated carbocycles. The van der Waals surface area contributed by atoms with Gasteiger partial charge in [0.15, 0.2) is 0 Å². The maximum atomic E-state index is 12.4. The van der Waals surface area contributed by atoms with E-state index < -0.39 is 18.0 Å². The number of nitrogens with one attached hydrogen (secondary N) is 2. The van der Waals surface area contributed by atoms with E-state index in [0.29, 0.717) is 27.8 Å². The number of aliphatic carboxylic acids is 1. The SMILES string of the molecule is CC1CC(C(=O)O)N(NC(=O)Nc2ccccc2)c2cc(Cl)cc(Cl)c21. The molecule has 2 aromatic rings. The first-order chi connectivity index (χ1) is 12.4. The van der Waals surface area contributed by atoms with Crippen LogP contribution in [0.4, 0.5) is 16.2 Å². The number of urea groups is 1. The third-order valence-corrected chi connectivity index (χ3v) is 4.78. The molecule has 136 valence electrons. The first kappa shape index (κ1) is 18.4. The van der Waals surface area contributed by atoms with Gasteiger partial charge in [0.1, 0.15) is 6.04 Å². The lowest BCUT2D eigenvalue weighted by molar-refractivity contribution is -0.139. The monoisotopic (exact) mass is 393 g/mol. The van der Waals surface area contributed by atoms with Gasteiger partial charge in [0, 0.05) is 15.7 Å². The lowest BCUT2D eigenvalue weighted by Gasteiger charge is -2.39. The number of benzene rings is 2. The Morgan fingerprint density at radius 2 is 1.88 bits per heavy atom. The number of carboxylic acid groups (broad SMARTS) is 1. The number of hydrogen-bond donors (Lipinski definition) is 3. The molecule has 2 amide bonds. The summed E-state index contributed by atoms with van der Waals surface area (Å²) in [5.74, 6) is -1.13. The second-order valence-electron chi connectivity index (χ2n) is 6.11. The Hall–Kier alpha value is -2.44. The Morgan fingerprint density at radius 1 is 1.19 bits per heavy atom. The number of halogens is 2. The van der Waals surface area contributed by atoms with Crippen LogP contribution in [0.15, 0.2) is 42.5 Å². The number of nitrogens with zero attached hydrogens (tertiary/aromatic N) is 1. The standard InChI is InChI=1S/C18H17Cl2N3O3/c1-10-7-15(17(24)25)23(14-9-11(19)8-13(20)16(10)14)22-18(26)21-12-5-3-2-4-6-12/h2-6,8-10,15H,7H2,1H3,(H,24,25)(H2,21,22,26). The van der Waals surface area contributed by atoms with E-state index in [4.69, 9.17) is 23.2 Å². The van der Waals surface area contributed by atoms with Crippen molar-refractivity contribution in [2.45, 2.75) is 25.3 Å². The van der Waals surface area contributed by atoms with E-state index in [-0.39, 0.29) is 5.92 Å². The molecule has 3 rings (SSSR count). The predicted octanol–water partition coefficient (Wildman–Crippen LogP) is 4.50. The minimum atomic E-state index is -1.04. The van der Waals surface area contributed by atoms with Crippen LogP contribution >= 0.6 is 23.2 Å². The van der Waals surface area contributed by atoms with Crippen molar-refractivity contribution in [3.05, 3.63) is 58.1 Å². The fourth-order valence-corrected chi connectivity index (χ4v) is 3.79. The largest absolute Gasteiger partial charge is 0.480 e. The minimum Gasteiger partial charge on any atom is -0.480 e. The molecular formula is C18H17Cl2N3O3. The number of carbonyl (C=O) groups is 2. The van der Waals surface area contributed by atoms with Gasteiger partial charge in [0.2, 0.25) is 0 Å². The van der Waals surface area contributed by atoms with Crippen LogP contribution in [0.2, 0.25) is 10.0 Å². The summed E-state index contributed by atoms with van der Waals surface area (Å²) in [6.07, 6.45) is 0.301. The van der Waals surface area contributed by atoms with Gasteiger partial charge in [-0.3, -0.25) is 5.01 Å². The topological polar surface area (TPSA) is 81.7 Å². The van der Waals surface area contributed by atoms with Crippen LogP contribution in [-0.4, -0.2) is 23.1 Å². The van der Waals surface area contributed by atoms with Crippen LogP contribution in [0.3, 0.4) is 0 Å². The van der Waals surface area contributed by atoms with Crippen molar-refractivity contribution in [2.24, 2.45) is 0 Å². The molecule has 0 aliphatic carbocycles. The highest BCUT2D eigenvalue weighted by Crippen LogP contribution is 2.43. The summed E-state index contributed by atoms with van der Waals surface area (Å²) >= 11 is 12.4. The molecule has 2 atom stereocenters. The molecule has 2 unspecified atom stereocenters. The Kier molecular flexibility index (Phi) is 5.25. The lowest BCUT2D eigenvalue weighted by atomic mass is 9.87. The Morgan fingerprint density at radius 3 is 2.54 bits per heavy atom. The van der Waals surface area contributed by atoms with Crippen molar-refractivity contribution in [3.8, 4) is 0 Å². The van der Waals surface area contributed by atoms with Crippen LogP contribution < -0.4 is 15.8 Å². The first-order valence-electron chi connectivity index (χ1n) is 8.00. The maximum absolute atomic E-state index is 12.4. The van der Waals surface area contributed by atoms with Crippen LogP contribution in [0.1, 0.15) is 24.8 Å². The zero-order chi connectivity index (χ0) is 18.8. The van der Waals surface area contributed by atoms with Crippen LogP contribution in [-0.2, 0) is 4.79 Å². The van der Waals surface area contributed by atoms with Gasteiger partial charge in [0.25, 0.3) is 0 Å². The molecule has 0 fully saturated rings. The second-order valence-corrected chi connectivity index (χ2v) is 6.96. The quantitative estimate of drug-likeness (QED) is 0.716. The first-order valence-corrected chi connectivity index (χ1v) is 8.76. The van der Waals surface area contributed by atoms with Crippen molar-refractivity contribution in [1.82, 2.24) is 5.43 Å². The second kappa shape index (κ2) is 7.43. The average Bonchev–Trinajstić information content (AvgIpc) is 2.57. The van der Waals surface area contributed by atoms with Crippen molar-refractivity contribution in [2.75, 3.05) is 10.3 Å². The molecule has 0 radical (unpaired) electrons. The number of anilines is 2. The van der Waals surface area contributed by atoms with E-state index in [1.54, 1.807) is 36.4 Å². The van der Waals surface area contributed by atoms with Gasteiger partial charge in [0.05, 0.1) is 5.69 Å². The number of para-hydroxylation sites is 1. The summed E-state index contributed by atoms with van der Waals surface area (Å²) < 4.78 is 0. The molecule has 8 heteroatoms. The highest BCUT2D eigenvalue weighted by atomic mass is 35.5. The smallest absolute Gasteiger partial charge is 0.338 e. The van der Waals surface area contributed by atoms with Gasteiger partial charge in [-0.15, -0.1) is 0 Å². The normalized spacial score (nSPS) is 18.8. The highest BCUT2D eigenvalue weighted by Gasteiger charge is 2.37. The number of carboxylic acids is 1. The minimum absolute atomic E-state index is 0.0916. The van der Waals surface area contributed by atoms with E-state index in [0.717, 1.165) is 5.56 Å². The summed E-state index contributed by atoms with van der Waals surface area (Å²) in [6.45, 7) is 1.90. The predicted molar refractivity (Wildman–Crippen MR) is 102 cm³/mol. The van der Waals surface area contributed by atoms with Gasteiger partial charge >= 0.3 is 12.0 Å². The van der Waals surface area contributed by atoms with Crippen molar-refractivity contribution < 1.29 is 14.7 Å². The molecular weight excluding hydrogens is 377 g/mol. The fourth-order valence-electron chi connectivity index (χ4n) is 3.12. The zero-order valence-electron chi connectivity index (χ0n) is 13.9. The van der Waals surface area contributed by atoms with Crippen molar-refractivity contribution >= 4 is 46.6 Å². The fraction of sp³-hybridized carbons (Fsp3) is 0.222. The molecule has 1 aliphatic rings. The molecule has 0 saturated heterocycles. The van der Waals surface area contributed by atoms with Gasteiger partial charge in [-0.2, -0.15) is 0 Å². The number of rotatable bonds is 3. The number of carbonyl (C=O) groups excluding carboxylic acids is 1. The summed E-state index contributed by atoms with van der Waals surface area (Å²) in [7, 11) is 0. The molecule has 0 bridgehead atoms. The summed E-state index contributed by atoms with van der Waals surface area (Å²) in [5, 5.41) is 14.4. The molecule has 0 spiro atoms. The molecule has 6 nitrogen and oxygen atoms in total. The Bertz CT molecular complexity index is 845. The molecule has 2 aromatic carbocycles. The highest BCUT2D eigenvalue weighted by molar-refractivity contribution is 6.35. The Balaban J connectivity index is 1.93.